The number of nitrogens with zero attached hydrogens (tertiary/aromatic N) is 2. The summed E-state index contributed by atoms with van der Waals surface area (Å²) >= 11 is 0.746. The first kappa shape index (κ1) is 19.8. The number of amides is 1. The number of hydrogen-bond acceptors (Lipinski definition) is 4. The van der Waals surface area contributed by atoms with Crippen molar-refractivity contribution >= 4 is 17.0 Å². The number of carbonyl (C=O) groups excluding carboxylic acids is 1. The third-order valence-electron chi connectivity index (χ3n) is 3.66. The molecule has 0 saturated heterocycles. The normalized spacial score (nSPS) is 12.8. The summed E-state index contributed by atoms with van der Waals surface area (Å²) in [7, 11) is 0. The molecule has 1 amide bonds. The number of primary amides is 1. The van der Waals surface area contributed by atoms with Crippen molar-refractivity contribution < 1.29 is 18.0 Å². The Kier molecular flexibility index (Phi) is 5.65. The molecule has 0 unspecified atom stereocenters. The summed E-state index contributed by atoms with van der Waals surface area (Å²) in [6.45, 7) is 3.00. The molecule has 2 aromatic rings. The Morgan fingerprint density at radius 3 is 2.50 bits per heavy atom. The van der Waals surface area contributed by atoms with Crippen molar-refractivity contribution in [2.45, 2.75) is 26.1 Å². The van der Waals surface area contributed by atoms with Crippen LogP contribution in [0.3, 0.4) is 0 Å². The van der Waals surface area contributed by atoms with Crippen molar-refractivity contribution in [1.29, 1.82) is 0 Å². The van der Waals surface area contributed by atoms with Gasteiger partial charge in [0.05, 0.1) is 11.3 Å². The first-order chi connectivity index (χ1) is 12.0. The van der Waals surface area contributed by atoms with Gasteiger partial charge in [0.25, 0.3) is 10.8 Å². The Labute approximate surface area is 150 Å². The van der Waals surface area contributed by atoms with Crippen LogP contribution in [0.15, 0.2) is 39.9 Å². The number of aryl methyl sites for hydroxylation is 1. The summed E-state index contributed by atoms with van der Waals surface area (Å²) in [4.78, 5) is 35.9. The quantitative estimate of drug-likeness (QED) is 0.874. The highest BCUT2D eigenvalue weighted by Crippen LogP contribution is 2.30. The molecule has 0 spiro atoms. The molecule has 0 fully saturated rings. The van der Waals surface area contributed by atoms with Crippen molar-refractivity contribution in [2.75, 3.05) is 5.75 Å². The molecule has 0 radical (unpaired) electrons. The number of nitrogens with two attached hydrogens (primary N) is 1. The third-order valence-corrected chi connectivity index (χ3v) is 4.59. The number of benzene rings is 1. The Hall–Kier alpha value is -2.49. The zero-order valence-corrected chi connectivity index (χ0v) is 14.7. The van der Waals surface area contributed by atoms with Gasteiger partial charge in [-0.25, -0.2) is 4.79 Å². The first-order valence-electron chi connectivity index (χ1n) is 7.47. The van der Waals surface area contributed by atoms with Gasteiger partial charge in [0.15, 0.2) is 0 Å². The van der Waals surface area contributed by atoms with Gasteiger partial charge < -0.3 is 5.73 Å². The molecule has 6 nitrogen and oxygen atoms in total. The lowest BCUT2D eigenvalue weighted by Gasteiger charge is -2.18. The summed E-state index contributed by atoms with van der Waals surface area (Å²) < 4.78 is 40.8. The molecule has 0 aliphatic rings. The van der Waals surface area contributed by atoms with E-state index in [1.807, 2.05) is 0 Å². The van der Waals surface area contributed by atoms with E-state index in [1.165, 1.54) is 19.1 Å². The second-order valence-electron chi connectivity index (χ2n) is 5.64. The minimum Gasteiger partial charge on any atom is -0.361 e. The number of alkyl halides is 3. The molecule has 0 saturated carbocycles. The monoisotopic (exact) mass is 387 g/mol. The molecule has 1 heterocycles. The fraction of sp³-hybridized carbons (Fsp3) is 0.312. The second-order valence-corrected chi connectivity index (χ2v) is 6.66. The molecule has 26 heavy (non-hydrogen) atoms. The number of thioether (sulfide) groups is 1. The zero-order chi connectivity index (χ0) is 19.6. The van der Waals surface area contributed by atoms with Gasteiger partial charge in [-0.1, -0.05) is 17.8 Å². The van der Waals surface area contributed by atoms with E-state index in [2.05, 4.69) is 0 Å². The number of hydrogen-bond donors (Lipinski definition) is 1. The van der Waals surface area contributed by atoms with Crippen LogP contribution in [0.2, 0.25) is 0 Å². The molecule has 140 valence electrons. The van der Waals surface area contributed by atoms with Crippen molar-refractivity contribution in [3.63, 3.8) is 0 Å². The maximum absolute atomic E-state index is 12.9. The fourth-order valence-electron chi connectivity index (χ4n) is 2.48. The second kappa shape index (κ2) is 7.40. The lowest BCUT2D eigenvalue weighted by atomic mass is 10.2. The van der Waals surface area contributed by atoms with Crippen molar-refractivity contribution in [3.8, 4) is 5.69 Å². The average molecular weight is 387 g/mol. The van der Waals surface area contributed by atoms with E-state index < -0.39 is 34.3 Å². The van der Waals surface area contributed by atoms with Crippen LogP contribution >= 0.6 is 11.8 Å². The molecular formula is C16H16F3N3O3S. The summed E-state index contributed by atoms with van der Waals surface area (Å²) in [6, 6.07) is 4.75. The van der Waals surface area contributed by atoms with Crippen LogP contribution in [0.5, 0.6) is 0 Å². The smallest absolute Gasteiger partial charge is 0.361 e. The van der Waals surface area contributed by atoms with E-state index in [0.717, 1.165) is 39.1 Å². The lowest BCUT2D eigenvalue weighted by Crippen LogP contribution is -2.42. The highest BCUT2D eigenvalue weighted by atomic mass is 32.2. The molecular weight excluding hydrogens is 371 g/mol. The molecule has 0 aliphatic heterocycles. The largest absolute Gasteiger partial charge is 0.416 e. The van der Waals surface area contributed by atoms with E-state index in [9.17, 15) is 27.6 Å². The molecule has 2 rings (SSSR count). The molecule has 1 aromatic carbocycles. The van der Waals surface area contributed by atoms with Gasteiger partial charge >= 0.3 is 11.9 Å². The molecule has 1 atom stereocenters. The van der Waals surface area contributed by atoms with Crippen molar-refractivity contribution in [1.82, 2.24) is 9.13 Å². The minimum absolute atomic E-state index is 0.00849. The summed E-state index contributed by atoms with van der Waals surface area (Å²) in [5.74, 6) is 0.0795. The van der Waals surface area contributed by atoms with Gasteiger partial charge in [0, 0.05) is 23.6 Å². The maximum atomic E-state index is 12.9. The highest BCUT2D eigenvalue weighted by Gasteiger charge is 2.30. The number of aromatic nitrogens is 2. The molecule has 0 aliphatic carbocycles. The Morgan fingerprint density at radius 1 is 1.27 bits per heavy atom. The van der Waals surface area contributed by atoms with Crippen molar-refractivity contribution in [2.24, 2.45) is 5.73 Å². The van der Waals surface area contributed by atoms with Crippen LogP contribution in [-0.2, 0) is 6.18 Å². The number of halogens is 3. The van der Waals surface area contributed by atoms with Crippen LogP contribution in [0.4, 0.5) is 18.0 Å². The molecule has 10 heteroatoms. The van der Waals surface area contributed by atoms with Crippen LogP contribution in [0.25, 0.3) is 5.69 Å². The van der Waals surface area contributed by atoms with Gasteiger partial charge in [0.2, 0.25) is 0 Å². The van der Waals surface area contributed by atoms with Crippen LogP contribution in [-0.4, -0.2) is 20.1 Å². The Bertz CT molecular complexity index is 950. The van der Waals surface area contributed by atoms with Crippen LogP contribution in [0, 0.1) is 6.92 Å². The van der Waals surface area contributed by atoms with E-state index in [-0.39, 0.29) is 17.1 Å². The van der Waals surface area contributed by atoms with Gasteiger partial charge in [-0.15, -0.1) is 0 Å². The van der Waals surface area contributed by atoms with E-state index in [1.54, 1.807) is 6.92 Å². The number of rotatable bonds is 4. The first-order valence-corrected chi connectivity index (χ1v) is 8.46. The SMILES string of the molecule is Cc1cc(=O)n([C@H](C)CSC(N)=O)c(=O)n1-c1cccc(C(F)(F)F)c1. The predicted octanol–water partition coefficient (Wildman–Crippen LogP) is 2.70. The molecule has 0 bridgehead atoms. The molecule has 1 aromatic heterocycles. The van der Waals surface area contributed by atoms with Gasteiger partial charge in [-0.3, -0.25) is 18.7 Å². The van der Waals surface area contributed by atoms with Gasteiger partial charge in [-0.2, -0.15) is 13.2 Å². The molecule has 2 N–H and O–H groups in total. The van der Waals surface area contributed by atoms with Gasteiger partial charge in [-0.05, 0) is 32.0 Å². The summed E-state index contributed by atoms with van der Waals surface area (Å²) in [5.41, 5.74) is 2.94. The van der Waals surface area contributed by atoms with E-state index in [0.29, 0.717) is 0 Å². The Morgan fingerprint density at radius 2 is 1.92 bits per heavy atom. The number of carbonyl (C=O) groups is 1. The highest BCUT2D eigenvalue weighted by molar-refractivity contribution is 8.13. The minimum atomic E-state index is -4.56. The standard InChI is InChI=1S/C16H16F3N3O3S/c1-9-6-13(23)22(10(2)8-26-14(20)24)15(25)21(9)12-5-3-4-11(7-12)16(17,18)19/h3-7,10H,8H2,1-2H3,(H2,20,24)/t10-/m1/s1. The van der Waals surface area contributed by atoms with Crippen molar-refractivity contribution in [3.05, 3.63) is 62.4 Å². The van der Waals surface area contributed by atoms with E-state index in [4.69, 9.17) is 5.73 Å². The lowest BCUT2D eigenvalue weighted by molar-refractivity contribution is -0.137. The average Bonchev–Trinajstić information content (AvgIpc) is 2.52. The van der Waals surface area contributed by atoms with E-state index >= 15 is 0 Å². The third kappa shape index (κ3) is 4.18. The topological polar surface area (TPSA) is 87.1 Å². The summed E-state index contributed by atoms with van der Waals surface area (Å²) in [6.07, 6.45) is -4.56. The Balaban J connectivity index is 2.61. The fourth-order valence-corrected chi connectivity index (χ4v) is 3.04. The van der Waals surface area contributed by atoms with Gasteiger partial charge in [0.1, 0.15) is 0 Å². The summed E-state index contributed by atoms with van der Waals surface area (Å²) in [5, 5.41) is -0.657. The zero-order valence-electron chi connectivity index (χ0n) is 13.9. The predicted molar refractivity (Wildman–Crippen MR) is 92.8 cm³/mol. The van der Waals surface area contributed by atoms with Crippen LogP contribution in [0.1, 0.15) is 24.2 Å². The van der Waals surface area contributed by atoms with Crippen LogP contribution < -0.4 is 17.0 Å². The maximum Gasteiger partial charge on any atom is 0.416 e.